The number of methoxy groups -OCH3 is 1. The van der Waals surface area contributed by atoms with E-state index in [1.807, 2.05) is 22.9 Å². The van der Waals surface area contributed by atoms with Gasteiger partial charge in [0.15, 0.2) is 5.82 Å². The Hall–Kier alpha value is -3.04. The summed E-state index contributed by atoms with van der Waals surface area (Å²) in [7, 11) is 1.65. The van der Waals surface area contributed by atoms with Gasteiger partial charge < -0.3 is 19.5 Å². The molecule has 9 nitrogen and oxygen atoms in total. The topological polar surface area (TPSA) is 100 Å². The summed E-state index contributed by atoms with van der Waals surface area (Å²) in [4.78, 5) is 20.9. The van der Waals surface area contributed by atoms with E-state index in [0.29, 0.717) is 37.4 Å². The number of anilines is 1. The number of carbonyl (C=O) groups is 1. The highest BCUT2D eigenvalue weighted by Crippen LogP contribution is 2.43. The van der Waals surface area contributed by atoms with E-state index in [-0.39, 0.29) is 11.8 Å². The SMILES string of the molecule is COCCOc1cc([C@H]2CCOC2)nc(-n2nc(C3CC3)c3cnc(NC(C)=O)cc32)c1. The minimum atomic E-state index is -0.166. The lowest BCUT2D eigenvalue weighted by Gasteiger charge is -2.14. The van der Waals surface area contributed by atoms with Gasteiger partial charge in [0.1, 0.15) is 18.2 Å². The molecular formula is C23H27N5O4. The molecule has 4 heterocycles. The number of hydrogen-bond donors (Lipinski definition) is 1. The molecule has 0 aromatic carbocycles. The van der Waals surface area contributed by atoms with Crippen LogP contribution >= 0.6 is 0 Å². The predicted octanol–water partition coefficient (Wildman–Crippen LogP) is 3.18. The van der Waals surface area contributed by atoms with Gasteiger partial charge in [0.2, 0.25) is 5.91 Å². The number of rotatable bonds is 8. The summed E-state index contributed by atoms with van der Waals surface area (Å²) < 4.78 is 18.5. The fraction of sp³-hybridized carbons (Fsp3) is 0.478. The Morgan fingerprint density at radius 1 is 1.22 bits per heavy atom. The van der Waals surface area contributed by atoms with Crippen LogP contribution in [0.4, 0.5) is 5.82 Å². The number of nitrogens with zero attached hydrogens (tertiary/aromatic N) is 4. The van der Waals surface area contributed by atoms with Crippen LogP contribution in [0, 0.1) is 0 Å². The zero-order valence-electron chi connectivity index (χ0n) is 18.3. The fourth-order valence-corrected chi connectivity index (χ4v) is 4.04. The second kappa shape index (κ2) is 8.84. The predicted molar refractivity (Wildman–Crippen MR) is 118 cm³/mol. The molecule has 1 saturated carbocycles. The molecule has 168 valence electrons. The Morgan fingerprint density at radius 3 is 2.81 bits per heavy atom. The lowest BCUT2D eigenvalue weighted by Crippen LogP contribution is -2.10. The van der Waals surface area contributed by atoms with Crippen molar-refractivity contribution in [2.75, 3.05) is 38.9 Å². The molecule has 3 aromatic rings. The molecule has 3 aromatic heterocycles. The number of amides is 1. The van der Waals surface area contributed by atoms with Crippen molar-refractivity contribution in [2.24, 2.45) is 0 Å². The van der Waals surface area contributed by atoms with E-state index >= 15 is 0 Å². The Morgan fingerprint density at radius 2 is 2.09 bits per heavy atom. The van der Waals surface area contributed by atoms with Crippen LogP contribution in [-0.2, 0) is 14.3 Å². The highest BCUT2D eigenvalue weighted by molar-refractivity contribution is 5.91. The zero-order valence-corrected chi connectivity index (χ0v) is 18.3. The zero-order chi connectivity index (χ0) is 22.1. The summed E-state index contributed by atoms with van der Waals surface area (Å²) >= 11 is 0. The van der Waals surface area contributed by atoms with Gasteiger partial charge in [-0.3, -0.25) is 4.79 Å². The third-order valence-electron chi connectivity index (χ3n) is 5.79. The number of aromatic nitrogens is 4. The molecule has 1 atom stereocenters. The Labute approximate surface area is 186 Å². The maximum atomic E-state index is 11.6. The molecule has 0 bridgehead atoms. The molecule has 1 aliphatic heterocycles. The summed E-state index contributed by atoms with van der Waals surface area (Å²) in [6.07, 6.45) is 4.97. The van der Waals surface area contributed by atoms with Crippen molar-refractivity contribution in [3.63, 3.8) is 0 Å². The van der Waals surface area contributed by atoms with E-state index in [1.165, 1.54) is 6.92 Å². The summed E-state index contributed by atoms with van der Waals surface area (Å²) in [5.41, 5.74) is 2.82. The van der Waals surface area contributed by atoms with Crippen molar-refractivity contribution in [1.82, 2.24) is 19.7 Å². The minimum Gasteiger partial charge on any atom is -0.491 e. The van der Waals surface area contributed by atoms with Gasteiger partial charge >= 0.3 is 0 Å². The largest absolute Gasteiger partial charge is 0.491 e. The number of nitrogens with one attached hydrogen (secondary N) is 1. The van der Waals surface area contributed by atoms with Crippen LogP contribution in [0.15, 0.2) is 24.4 Å². The fourth-order valence-electron chi connectivity index (χ4n) is 4.04. The lowest BCUT2D eigenvalue weighted by molar-refractivity contribution is -0.114. The minimum absolute atomic E-state index is 0.166. The number of ether oxygens (including phenoxy) is 3. The summed E-state index contributed by atoms with van der Waals surface area (Å²) in [6, 6.07) is 5.74. The van der Waals surface area contributed by atoms with E-state index in [1.54, 1.807) is 13.3 Å². The molecule has 5 rings (SSSR count). The highest BCUT2D eigenvalue weighted by Gasteiger charge is 2.30. The third kappa shape index (κ3) is 4.31. The van der Waals surface area contributed by atoms with Crippen LogP contribution in [-0.4, -0.2) is 59.2 Å². The molecule has 0 unspecified atom stereocenters. The van der Waals surface area contributed by atoms with Crippen molar-refractivity contribution < 1.29 is 19.0 Å². The molecule has 2 aliphatic rings. The van der Waals surface area contributed by atoms with E-state index < -0.39 is 0 Å². The Kier molecular flexibility index (Phi) is 5.75. The van der Waals surface area contributed by atoms with Crippen molar-refractivity contribution in [2.45, 2.75) is 38.0 Å². The lowest BCUT2D eigenvalue weighted by atomic mass is 10.0. The quantitative estimate of drug-likeness (QED) is 0.540. The Bertz CT molecular complexity index is 1130. The first-order chi connectivity index (χ1) is 15.6. The molecule has 1 N–H and O–H groups in total. The van der Waals surface area contributed by atoms with E-state index in [2.05, 4.69) is 10.3 Å². The van der Waals surface area contributed by atoms with Gasteiger partial charge in [-0.2, -0.15) is 5.10 Å². The molecule has 32 heavy (non-hydrogen) atoms. The van der Waals surface area contributed by atoms with Crippen LogP contribution in [0.5, 0.6) is 5.75 Å². The maximum absolute atomic E-state index is 11.6. The van der Waals surface area contributed by atoms with Gasteiger partial charge in [0, 0.05) is 62.3 Å². The second-order valence-corrected chi connectivity index (χ2v) is 8.33. The first-order valence-corrected chi connectivity index (χ1v) is 11.0. The summed E-state index contributed by atoms with van der Waals surface area (Å²) in [5.74, 6) is 2.39. The van der Waals surface area contributed by atoms with Crippen molar-refractivity contribution in [3.8, 4) is 11.6 Å². The first kappa shape index (κ1) is 20.8. The molecule has 0 radical (unpaired) electrons. The van der Waals surface area contributed by atoms with Crippen LogP contribution in [0.3, 0.4) is 0 Å². The molecule has 1 saturated heterocycles. The molecule has 9 heteroatoms. The van der Waals surface area contributed by atoms with Gasteiger partial charge in [-0.05, 0) is 19.3 Å². The van der Waals surface area contributed by atoms with Gasteiger partial charge in [0.05, 0.1) is 30.1 Å². The van der Waals surface area contributed by atoms with Gasteiger partial charge in [-0.25, -0.2) is 14.6 Å². The average Bonchev–Trinajstić information content (AvgIpc) is 3.32. The molecule has 1 aliphatic carbocycles. The second-order valence-electron chi connectivity index (χ2n) is 8.33. The van der Waals surface area contributed by atoms with Crippen LogP contribution < -0.4 is 10.1 Å². The van der Waals surface area contributed by atoms with Crippen molar-refractivity contribution in [3.05, 3.63) is 35.8 Å². The van der Waals surface area contributed by atoms with Gasteiger partial charge in [-0.15, -0.1) is 0 Å². The smallest absolute Gasteiger partial charge is 0.222 e. The standard InChI is InChI=1S/C23H27N5O4/c1-14(29)25-21-11-20-18(12-24-21)23(15-3-4-15)27-28(20)22-10-17(32-8-7-30-2)9-19(26-22)16-5-6-31-13-16/h9-12,15-16H,3-8,13H2,1-2H3,(H,24,25,29)/t16-/m0/s1. The van der Waals surface area contributed by atoms with E-state index in [4.69, 9.17) is 24.3 Å². The van der Waals surface area contributed by atoms with Crippen molar-refractivity contribution >= 4 is 22.6 Å². The van der Waals surface area contributed by atoms with Crippen LogP contribution in [0.1, 0.15) is 49.4 Å². The summed E-state index contributed by atoms with van der Waals surface area (Å²) in [5, 5.41) is 8.69. The van der Waals surface area contributed by atoms with Crippen molar-refractivity contribution in [1.29, 1.82) is 0 Å². The molecular weight excluding hydrogens is 410 g/mol. The normalized spacial score (nSPS) is 18.2. The highest BCUT2D eigenvalue weighted by atomic mass is 16.5. The van der Waals surface area contributed by atoms with Crippen LogP contribution in [0.2, 0.25) is 0 Å². The number of carbonyl (C=O) groups excluding carboxylic acids is 1. The average molecular weight is 438 g/mol. The summed E-state index contributed by atoms with van der Waals surface area (Å²) in [6.45, 7) is 3.81. The van der Waals surface area contributed by atoms with Gasteiger partial charge in [0.25, 0.3) is 0 Å². The monoisotopic (exact) mass is 437 g/mol. The Balaban J connectivity index is 1.61. The number of fused-ring (bicyclic) bond motifs is 1. The van der Waals surface area contributed by atoms with E-state index in [9.17, 15) is 4.79 Å². The maximum Gasteiger partial charge on any atom is 0.222 e. The number of hydrogen-bond acceptors (Lipinski definition) is 7. The first-order valence-electron chi connectivity index (χ1n) is 11.0. The van der Waals surface area contributed by atoms with E-state index in [0.717, 1.165) is 53.9 Å². The number of pyridine rings is 2. The van der Waals surface area contributed by atoms with Gasteiger partial charge in [-0.1, -0.05) is 0 Å². The molecule has 2 fully saturated rings. The molecule has 0 spiro atoms. The molecule has 1 amide bonds. The third-order valence-corrected chi connectivity index (χ3v) is 5.79. The van der Waals surface area contributed by atoms with Crippen LogP contribution in [0.25, 0.3) is 16.7 Å².